The normalized spacial score (nSPS) is 18.9. The van der Waals surface area contributed by atoms with E-state index in [-0.39, 0.29) is 0 Å². The molecule has 3 heteroatoms. The molecule has 0 atom stereocenters. The SMILES string of the molecule is CN(CCN)Cc1ccccc1OC1CCC(C)(C)CC1. The van der Waals surface area contributed by atoms with Gasteiger partial charge in [0.1, 0.15) is 5.75 Å². The van der Waals surface area contributed by atoms with E-state index in [2.05, 4.69) is 50.1 Å². The zero-order chi connectivity index (χ0) is 15.3. The highest BCUT2D eigenvalue weighted by atomic mass is 16.5. The smallest absolute Gasteiger partial charge is 0.124 e. The molecule has 1 saturated carbocycles. The van der Waals surface area contributed by atoms with Crippen LogP contribution in [0, 0.1) is 5.41 Å². The van der Waals surface area contributed by atoms with Crippen LogP contribution in [-0.4, -0.2) is 31.1 Å². The van der Waals surface area contributed by atoms with Crippen molar-refractivity contribution in [2.75, 3.05) is 20.1 Å². The summed E-state index contributed by atoms with van der Waals surface area (Å²) in [5.41, 5.74) is 7.37. The quantitative estimate of drug-likeness (QED) is 0.872. The average Bonchev–Trinajstić information content (AvgIpc) is 2.43. The summed E-state index contributed by atoms with van der Waals surface area (Å²) in [4.78, 5) is 2.24. The largest absolute Gasteiger partial charge is 0.490 e. The molecule has 1 aromatic carbocycles. The van der Waals surface area contributed by atoms with E-state index < -0.39 is 0 Å². The molecule has 2 N–H and O–H groups in total. The molecule has 0 heterocycles. The van der Waals surface area contributed by atoms with Crippen molar-refractivity contribution in [3.63, 3.8) is 0 Å². The third kappa shape index (κ3) is 5.01. The van der Waals surface area contributed by atoms with Gasteiger partial charge in [0.05, 0.1) is 6.10 Å². The summed E-state index contributed by atoms with van der Waals surface area (Å²) in [6, 6.07) is 8.41. The highest BCUT2D eigenvalue weighted by Crippen LogP contribution is 2.37. The van der Waals surface area contributed by atoms with Crippen LogP contribution >= 0.6 is 0 Å². The number of likely N-dealkylation sites (N-methyl/N-ethyl adjacent to an activating group) is 1. The van der Waals surface area contributed by atoms with Gasteiger partial charge in [0, 0.05) is 25.2 Å². The Morgan fingerprint density at radius 2 is 1.90 bits per heavy atom. The van der Waals surface area contributed by atoms with Gasteiger partial charge in [0.15, 0.2) is 0 Å². The molecule has 118 valence electrons. The lowest BCUT2D eigenvalue weighted by Crippen LogP contribution is -2.29. The van der Waals surface area contributed by atoms with Gasteiger partial charge in [-0.05, 0) is 44.2 Å². The monoisotopic (exact) mass is 290 g/mol. The Labute approximate surface area is 129 Å². The van der Waals surface area contributed by atoms with Crippen LogP contribution in [0.5, 0.6) is 5.75 Å². The van der Waals surface area contributed by atoms with Gasteiger partial charge in [-0.1, -0.05) is 32.0 Å². The van der Waals surface area contributed by atoms with Gasteiger partial charge in [0.25, 0.3) is 0 Å². The second-order valence-electron chi connectivity index (χ2n) is 7.12. The fraction of sp³-hybridized carbons (Fsp3) is 0.667. The molecule has 0 saturated heterocycles. The molecular formula is C18H30N2O. The van der Waals surface area contributed by atoms with E-state index in [0.717, 1.165) is 18.8 Å². The van der Waals surface area contributed by atoms with Crippen molar-refractivity contribution < 1.29 is 4.74 Å². The highest BCUT2D eigenvalue weighted by molar-refractivity contribution is 5.33. The van der Waals surface area contributed by atoms with Crippen LogP contribution in [0.4, 0.5) is 0 Å². The van der Waals surface area contributed by atoms with Crippen LogP contribution < -0.4 is 10.5 Å². The van der Waals surface area contributed by atoms with Crippen molar-refractivity contribution in [3.05, 3.63) is 29.8 Å². The van der Waals surface area contributed by atoms with Crippen molar-refractivity contribution in [3.8, 4) is 5.75 Å². The van der Waals surface area contributed by atoms with Crippen molar-refractivity contribution in [1.29, 1.82) is 0 Å². The molecule has 0 aromatic heterocycles. The second-order valence-corrected chi connectivity index (χ2v) is 7.12. The first-order valence-corrected chi connectivity index (χ1v) is 8.13. The zero-order valence-electron chi connectivity index (χ0n) is 13.8. The van der Waals surface area contributed by atoms with Crippen molar-refractivity contribution in [1.82, 2.24) is 4.90 Å². The minimum absolute atomic E-state index is 0.374. The number of nitrogens with two attached hydrogens (primary N) is 1. The van der Waals surface area contributed by atoms with E-state index in [9.17, 15) is 0 Å². The van der Waals surface area contributed by atoms with Gasteiger partial charge in [0.2, 0.25) is 0 Å². The number of hydrogen-bond donors (Lipinski definition) is 1. The number of ether oxygens (including phenoxy) is 1. The summed E-state index contributed by atoms with van der Waals surface area (Å²) in [6.45, 7) is 7.21. The Hall–Kier alpha value is -1.06. The molecule has 1 aliphatic rings. The predicted octanol–water partition coefficient (Wildman–Crippen LogP) is 3.42. The molecular weight excluding hydrogens is 260 g/mol. The first kappa shape index (κ1) is 16.3. The fourth-order valence-corrected chi connectivity index (χ4v) is 3.01. The maximum absolute atomic E-state index is 6.30. The van der Waals surface area contributed by atoms with E-state index >= 15 is 0 Å². The number of rotatable bonds is 6. The molecule has 0 bridgehead atoms. The molecule has 1 aliphatic carbocycles. The van der Waals surface area contributed by atoms with Crippen molar-refractivity contribution in [2.24, 2.45) is 11.1 Å². The topological polar surface area (TPSA) is 38.5 Å². The Morgan fingerprint density at radius 1 is 1.24 bits per heavy atom. The molecule has 0 unspecified atom stereocenters. The minimum Gasteiger partial charge on any atom is -0.490 e. The summed E-state index contributed by atoms with van der Waals surface area (Å²) < 4.78 is 6.30. The Balaban J connectivity index is 1.97. The van der Waals surface area contributed by atoms with Crippen molar-refractivity contribution >= 4 is 0 Å². The van der Waals surface area contributed by atoms with Crippen LogP contribution in [0.1, 0.15) is 45.1 Å². The third-order valence-electron chi connectivity index (χ3n) is 4.50. The van der Waals surface area contributed by atoms with Gasteiger partial charge in [-0.3, -0.25) is 0 Å². The van der Waals surface area contributed by atoms with Gasteiger partial charge < -0.3 is 15.4 Å². The zero-order valence-corrected chi connectivity index (χ0v) is 13.8. The Bertz CT molecular complexity index is 435. The summed E-state index contributed by atoms with van der Waals surface area (Å²) in [6.07, 6.45) is 5.22. The number of nitrogens with zero attached hydrogens (tertiary/aromatic N) is 1. The fourth-order valence-electron chi connectivity index (χ4n) is 3.01. The average molecular weight is 290 g/mol. The first-order valence-electron chi connectivity index (χ1n) is 8.13. The second kappa shape index (κ2) is 7.28. The summed E-state index contributed by atoms with van der Waals surface area (Å²) in [5.74, 6) is 1.05. The van der Waals surface area contributed by atoms with Gasteiger partial charge in [-0.25, -0.2) is 0 Å². The van der Waals surface area contributed by atoms with Crippen LogP contribution in [-0.2, 0) is 6.54 Å². The van der Waals surface area contributed by atoms with E-state index in [1.165, 1.54) is 31.2 Å². The molecule has 3 nitrogen and oxygen atoms in total. The van der Waals surface area contributed by atoms with Gasteiger partial charge in [-0.2, -0.15) is 0 Å². The molecule has 1 aromatic rings. The van der Waals surface area contributed by atoms with Gasteiger partial charge >= 0.3 is 0 Å². The maximum atomic E-state index is 6.30. The van der Waals surface area contributed by atoms with E-state index in [4.69, 9.17) is 10.5 Å². The van der Waals surface area contributed by atoms with Crippen LogP contribution in [0.3, 0.4) is 0 Å². The van der Waals surface area contributed by atoms with Crippen LogP contribution in [0.15, 0.2) is 24.3 Å². The lowest BCUT2D eigenvalue weighted by atomic mass is 9.76. The summed E-state index contributed by atoms with van der Waals surface area (Å²) in [7, 11) is 2.10. The van der Waals surface area contributed by atoms with Crippen LogP contribution in [0.25, 0.3) is 0 Å². The lowest BCUT2D eigenvalue weighted by Gasteiger charge is -2.34. The molecule has 2 rings (SSSR count). The third-order valence-corrected chi connectivity index (χ3v) is 4.50. The van der Waals surface area contributed by atoms with Crippen LogP contribution in [0.2, 0.25) is 0 Å². The van der Waals surface area contributed by atoms with E-state index in [0.29, 0.717) is 18.1 Å². The van der Waals surface area contributed by atoms with E-state index in [1.807, 2.05) is 0 Å². The number of benzene rings is 1. The maximum Gasteiger partial charge on any atom is 0.124 e. The van der Waals surface area contributed by atoms with Crippen molar-refractivity contribution in [2.45, 2.75) is 52.2 Å². The molecule has 0 spiro atoms. The minimum atomic E-state index is 0.374. The summed E-state index contributed by atoms with van der Waals surface area (Å²) in [5, 5.41) is 0. The first-order chi connectivity index (χ1) is 10.00. The molecule has 0 amide bonds. The number of hydrogen-bond acceptors (Lipinski definition) is 3. The summed E-state index contributed by atoms with van der Waals surface area (Å²) >= 11 is 0. The molecule has 0 radical (unpaired) electrons. The Kier molecular flexibility index (Phi) is 5.65. The highest BCUT2D eigenvalue weighted by Gasteiger charge is 2.28. The number of para-hydroxylation sites is 1. The lowest BCUT2D eigenvalue weighted by molar-refractivity contribution is 0.0972. The predicted molar refractivity (Wildman–Crippen MR) is 88.5 cm³/mol. The Morgan fingerprint density at radius 3 is 2.57 bits per heavy atom. The molecule has 0 aliphatic heterocycles. The standard InChI is InChI=1S/C18H30N2O/c1-18(2)10-8-16(9-11-18)21-17-7-5-4-6-15(17)14-20(3)13-12-19/h4-7,16H,8-14,19H2,1-3H3. The van der Waals surface area contributed by atoms with E-state index in [1.54, 1.807) is 0 Å². The van der Waals surface area contributed by atoms with Gasteiger partial charge in [-0.15, -0.1) is 0 Å². The molecule has 21 heavy (non-hydrogen) atoms. The molecule has 1 fully saturated rings.